The van der Waals surface area contributed by atoms with E-state index in [0.717, 1.165) is 36.5 Å². The third-order valence-corrected chi connectivity index (χ3v) is 3.73. The van der Waals surface area contributed by atoms with Crippen LogP contribution in [0.3, 0.4) is 0 Å². The van der Waals surface area contributed by atoms with Crippen molar-refractivity contribution in [2.75, 3.05) is 18.0 Å². The first-order valence-electron chi connectivity index (χ1n) is 6.75. The van der Waals surface area contributed by atoms with Crippen molar-refractivity contribution in [1.29, 1.82) is 0 Å². The minimum atomic E-state index is -0.266. The summed E-state index contributed by atoms with van der Waals surface area (Å²) in [6.45, 7) is 1.55. The third-order valence-electron chi connectivity index (χ3n) is 3.49. The predicted octanol–water partition coefficient (Wildman–Crippen LogP) is 2.76. The number of aromatic nitrogens is 2. The van der Waals surface area contributed by atoms with Crippen LogP contribution in [0.1, 0.15) is 12.8 Å². The second kappa shape index (κ2) is 5.77. The van der Waals surface area contributed by atoms with Gasteiger partial charge < -0.3 is 10.0 Å². The van der Waals surface area contributed by atoms with Crippen molar-refractivity contribution < 1.29 is 5.11 Å². The van der Waals surface area contributed by atoms with Crippen LogP contribution in [0.5, 0.6) is 0 Å². The lowest BCUT2D eigenvalue weighted by atomic mass is 10.1. The number of hydrogen-bond acceptors (Lipinski definition) is 4. The number of β-amino-alcohol motifs (C(OH)–C–C–N with tert-alkyl or cyclic N) is 1. The second-order valence-corrected chi connectivity index (χ2v) is 5.47. The molecule has 0 saturated carbocycles. The Hall–Kier alpha value is -1.65. The molecular weight excluding hydrogens is 274 g/mol. The van der Waals surface area contributed by atoms with Gasteiger partial charge in [0.2, 0.25) is 0 Å². The molecule has 3 rings (SSSR count). The van der Waals surface area contributed by atoms with Gasteiger partial charge in [0.25, 0.3) is 0 Å². The number of halogens is 1. The maximum atomic E-state index is 9.70. The molecule has 104 valence electrons. The van der Waals surface area contributed by atoms with Gasteiger partial charge in [-0.2, -0.15) is 0 Å². The molecule has 1 fully saturated rings. The van der Waals surface area contributed by atoms with Crippen molar-refractivity contribution in [2.24, 2.45) is 0 Å². The number of hydrogen-bond donors (Lipinski definition) is 1. The largest absolute Gasteiger partial charge is 0.391 e. The number of piperidine rings is 1. The minimum absolute atomic E-state index is 0.266. The van der Waals surface area contributed by atoms with Crippen LogP contribution in [0.4, 0.5) is 5.82 Å². The molecule has 5 heteroatoms. The van der Waals surface area contributed by atoms with Crippen LogP contribution in [-0.4, -0.2) is 34.5 Å². The molecule has 1 unspecified atom stereocenters. The zero-order chi connectivity index (χ0) is 13.9. The summed E-state index contributed by atoms with van der Waals surface area (Å²) in [5.74, 6) is 0.814. The highest BCUT2D eigenvalue weighted by Crippen LogP contribution is 2.23. The van der Waals surface area contributed by atoms with E-state index in [1.807, 2.05) is 36.4 Å². The molecule has 0 amide bonds. The van der Waals surface area contributed by atoms with E-state index >= 15 is 0 Å². The van der Waals surface area contributed by atoms with Gasteiger partial charge in [-0.05, 0) is 37.1 Å². The zero-order valence-corrected chi connectivity index (χ0v) is 11.8. The normalized spacial score (nSPS) is 19.1. The van der Waals surface area contributed by atoms with E-state index in [1.54, 1.807) is 0 Å². The van der Waals surface area contributed by atoms with Crippen LogP contribution in [0, 0.1) is 0 Å². The van der Waals surface area contributed by atoms with Gasteiger partial charge in [0, 0.05) is 23.7 Å². The molecule has 0 radical (unpaired) electrons. The second-order valence-electron chi connectivity index (χ2n) is 5.03. The average molecular weight is 290 g/mol. The summed E-state index contributed by atoms with van der Waals surface area (Å²) in [7, 11) is 0. The lowest BCUT2D eigenvalue weighted by Gasteiger charge is -2.30. The van der Waals surface area contributed by atoms with Crippen LogP contribution in [0.2, 0.25) is 5.02 Å². The lowest BCUT2D eigenvalue weighted by molar-refractivity contribution is 0.154. The summed E-state index contributed by atoms with van der Waals surface area (Å²) in [4.78, 5) is 2.07. The van der Waals surface area contributed by atoms with E-state index in [4.69, 9.17) is 11.6 Å². The standard InChI is InChI=1S/C15H16ClN3O/c16-12-4-1-3-11(9-12)14-6-7-15(18-17-14)19-8-2-5-13(20)10-19/h1,3-4,6-7,9,13,20H,2,5,8,10H2. The van der Waals surface area contributed by atoms with Crippen LogP contribution >= 0.6 is 11.6 Å². The summed E-state index contributed by atoms with van der Waals surface area (Å²) in [5, 5.41) is 18.9. The van der Waals surface area contributed by atoms with Crippen LogP contribution < -0.4 is 4.90 Å². The Morgan fingerprint density at radius 1 is 1.20 bits per heavy atom. The van der Waals surface area contributed by atoms with Gasteiger partial charge in [0.1, 0.15) is 0 Å². The number of rotatable bonds is 2. The Morgan fingerprint density at radius 2 is 2.10 bits per heavy atom. The Bertz CT molecular complexity index is 588. The van der Waals surface area contributed by atoms with Gasteiger partial charge in [-0.1, -0.05) is 23.7 Å². The quantitative estimate of drug-likeness (QED) is 0.923. The molecular formula is C15H16ClN3O. The number of aliphatic hydroxyl groups excluding tert-OH is 1. The van der Waals surface area contributed by atoms with Gasteiger partial charge in [-0.25, -0.2) is 0 Å². The first-order chi connectivity index (χ1) is 9.72. The smallest absolute Gasteiger partial charge is 0.151 e. The molecule has 0 aliphatic carbocycles. The number of aliphatic hydroxyl groups is 1. The van der Waals surface area contributed by atoms with Crippen molar-refractivity contribution in [3.05, 3.63) is 41.4 Å². The molecule has 1 saturated heterocycles. The molecule has 2 heterocycles. The Labute approximate surface area is 123 Å². The van der Waals surface area contributed by atoms with Crippen LogP contribution in [-0.2, 0) is 0 Å². The molecule has 1 aliphatic rings. The maximum absolute atomic E-state index is 9.70. The van der Waals surface area contributed by atoms with Crippen LogP contribution in [0.25, 0.3) is 11.3 Å². The molecule has 1 atom stereocenters. The van der Waals surface area contributed by atoms with Gasteiger partial charge in [0.05, 0.1) is 11.8 Å². The molecule has 2 aromatic rings. The topological polar surface area (TPSA) is 49.2 Å². The first kappa shape index (κ1) is 13.3. The highest BCUT2D eigenvalue weighted by Gasteiger charge is 2.19. The van der Waals surface area contributed by atoms with E-state index in [1.165, 1.54) is 0 Å². The fourth-order valence-electron chi connectivity index (χ4n) is 2.46. The lowest BCUT2D eigenvalue weighted by Crippen LogP contribution is -2.38. The maximum Gasteiger partial charge on any atom is 0.151 e. The molecule has 1 aromatic carbocycles. The minimum Gasteiger partial charge on any atom is -0.391 e. The molecule has 4 nitrogen and oxygen atoms in total. The molecule has 0 spiro atoms. The molecule has 1 aliphatic heterocycles. The number of benzene rings is 1. The van der Waals surface area contributed by atoms with Gasteiger partial charge in [-0.15, -0.1) is 10.2 Å². The Kier molecular flexibility index (Phi) is 3.85. The first-order valence-corrected chi connectivity index (χ1v) is 7.13. The monoisotopic (exact) mass is 289 g/mol. The van der Waals surface area contributed by atoms with Gasteiger partial charge >= 0.3 is 0 Å². The Morgan fingerprint density at radius 3 is 2.80 bits per heavy atom. The van der Waals surface area contributed by atoms with Gasteiger partial charge in [0.15, 0.2) is 5.82 Å². The van der Waals surface area contributed by atoms with E-state index in [9.17, 15) is 5.11 Å². The summed E-state index contributed by atoms with van der Waals surface area (Å²) in [6.07, 6.45) is 1.59. The van der Waals surface area contributed by atoms with Crippen molar-refractivity contribution in [3.63, 3.8) is 0 Å². The fourth-order valence-corrected chi connectivity index (χ4v) is 2.65. The molecule has 20 heavy (non-hydrogen) atoms. The Balaban J connectivity index is 1.80. The molecule has 1 aromatic heterocycles. The third kappa shape index (κ3) is 2.92. The van der Waals surface area contributed by atoms with Crippen molar-refractivity contribution in [2.45, 2.75) is 18.9 Å². The van der Waals surface area contributed by atoms with Crippen molar-refractivity contribution in [1.82, 2.24) is 10.2 Å². The number of nitrogens with zero attached hydrogens (tertiary/aromatic N) is 3. The molecule has 1 N–H and O–H groups in total. The predicted molar refractivity (Wildman–Crippen MR) is 79.9 cm³/mol. The SMILES string of the molecule is OC1CCCN(c2ccc(-c3cccc(Cl)c3)nn2)C1. The number of anilines is 1. The van der Waals surface area contributed by atoms with Gasteiger partial charge in [-0.3, -0.25) is 0 Å². The van der Waals surface area contributed by atoms with E-state index < -0.39 is 0 Å². The van der Waals surface area contributed by atoms with Crippen LogP contribution in [0.15, 0.2) is 36.4 Å². The molecule has 0 bridgehead atoms. The zero-order valence-electron chi connectivity index (χ0n) is 11.0. The average Bonchev–Trinajstić information content (AvgIpc) is 2.47. The van der Waals surface area contributed by atoms with E-state index in [2.05, 4.69) is 15.1 Å². The highest BCUT2D eigenvalue weighted by atomic mass is 35.5. The fraction of sp³-hybridized carbons (Fsp3) is 0.333. The summed E-state index contributed by atoms with van der Waals surface area (Å²) >= 11 is 5.98. The summed E-state index contributed by atoms with van der Waals surface area (Å²) in [6, 6.07) is 11.4. The van der Waals surface area contributed by atoms with Crippen molar-refractivity contribution >= 4 is 17.4 Å². The highest BCUT2D eigenvalue weighted by molar-refractivity contribution is 6.30. The van der Waals surface area contributed by atoms with E-state index in [-0.39, 0.29) is 6.10 Å². The summed E-state index contributed by atoms with van der Waals surface area (Å²) in [5.41, 5.74) is 1.75. The van der Waals surface area contributed by atoms with E-state index in [0.29, 0.717) is 11.6 Å². The summed E-state index contributed by atoms with van der Waals surface area (Å²) < 4.78 is 0. The van der Waals surface area contributed by atoms with Crippen molar-refractivity contribution in [3.8, 4) is 11.3 Å².